The molecule has 0 unspecified atom stereocenters. The van der Waals surface area contributed by atoms with Crippen molar-refractivity contribution in [1.29, 1.82) is 0 Å². The van der Waals surface area contributed by atoms with Gasteiger partial charge in [-0.05, 0) is 42.0 Å². The van der Waals surface area contributed by atoms with Crippen molar-refractivity contribution < 1.29 is 40.6 Å². The van der Waals surface area contributed by atoms with Gasteiger partial charge in [0.15, 0.2) is 5.75 Å². The fourth-order valence-electron chi connectivity index (χ4n) is 3.13. The monoisotopic (exact) mass is 488 g/mol. The van der Waals surface area contributed by atoms with Gasteiger partial charge in [0.05, 0.1) is 22.4 Å². The lowest BCUT2D eigenvalue weighted by Crippen LogP contribution is -2.27. The van der Waals surface area contributed by atoms with Crippen LogP contribution in [0.2, 0.25) is 0 Å². The van der Waals surface area contributed by atoms with E-state index in [1.165, 1.54) is 0 Å². The molecule has 0 aliphatic heterocycles. The number of rotatable bonds is 4. The average molecular weight is 488 g/mol. The molecule has 2 aromatic carbocycles. The summed E-state index contributed by atoms with van der Waals surface area (Å²) in [6.45, 7) is -0.279. The molecular formula is C22H15F7N2O3. The van der Waals surface area contributed by atoms with E-state index in [-0.39, 0.29) is 29.4 Å². The Hall–Kier alpha value is -3.83. The Morgan fingerprint density at radius 3 is 2.09 bits per heavy atom. The quantitative estimate of drug-likeness (QED) is 0.516. The molecule has 0 atom stereocenters. The van der Waals surface area contributed by atoms with E-state index < -0.39 is 52.1 Å². The molecule has 1 aromatic heterocycles. The van der Waals surface area contributed by atoms with Gasteiger partial charge in [0.25, 0.3) is 11.5 Å². The van der Waals surface area contributed by atoms with Gasteiger partial charge < -0.3 is 15.0 Å². The predicted octanol–water partition coefficient (Wildman–Crippen LogP) is 4.86. The van der Waals surface area contributed by atoms with Crippen LogP contribution < -0.4 is 10.9 Å². The van der Waals surface area contributed by atoms with E-state index in [1.54, 1.807) is 0 Å². The third-order valence-corrected chi connectivity index (χ3v) is 4.90. The summed E-state index contributed by atoms with van der Waals surface area (Å²) in [5.74, 6) is -3.27. The van der Waals surface area contributed by atoms with Crippen LogP contribution >= 0.6 is 0 Å². The lowest BCUT2D eigenvalue weighted by molar-refractivity contribution is -0.138. The molecule has 5 nitrogen and oxygen atoms in total. The van der Waals surface area contributed by atoms with Gasteiger partial charge in [-0.2, -0.15) is 26.3 Å². The van der Waals surface area contributed by atoms with Crippen molar-refractivity contribution in [2.75, 3.05) is 0 Å². The SMILES string of the molecule is Cn1c(-c2cc(F)cc(C(F)(F)F)c2)cc(C(=O)NCc2ccc(C(F)(F)F)cc2)c(O)c1=O. The zero-order valence-electron chi connectivity index (χ0n) is 17.2. The highest BCUT2D eigenvalue weighted by atomic mass is 19.4. The summed E-state index contributed by atoms with van der Waals surface area (Å²) in [5, 5.41) is 12.4. The molecule has 1 amide bonds. The minimum atomic E-state index is -4.88. The molecule has 34 heavy (non-hydrogen) atoms. The molecule has 0 saturated carbocycles. The summed E-state index contributed by atoms with van der Waals surface area (Å²) in [7, 11) is 1.11. The number of aromatic hydroxyl groups is 1. The van der Waals surface area contributed by atoms with E-state index in [1.807, 2.05) is 0 Å². The van der Waals surface area contributed by atoms with E-state index in [2.05, 4.69) is 5.32 Å². The summed E-state index contributed by atoms with van der Waals surface area (Å²) in [5.41, 5.74) is -4.35. The van der Waals surface area contributed by atoms with Crippen molar-refractivity contribution in [1.82, 2.24) is 9.88 Å². The average Bonchev–Trinajstić information content (AvgIpc) is 2.74. The highest BCUT2D eigenvalue weighted by molar-refractivity contribution is 5.97. The molecule has 0 spiro atoms. The van der Waals surface area contributed by atoms with Crippen molar-refractivity contribution >= 4 is 5.91 Å². The molecule has 0 aliphatic carbocycles. The van der Waals surface area contributed by atoms with Crippen molar-refractivity contribution in [3.8, 4) is 17.0 Å². The van der Waals surface area contributed by atoms with Crippen LogP contribution in [0.1, 0.15) is 27.0 Å². The van der Waals surface area contributed by atoms with E-state index in [0.717, 1.165) is 48.0 Å². The smallest absolute Gasteiger partial charge is 0.416 e. The number of aromatic nitrogens is 1. The lowest BCUT2D eigenvalue weighted by Gasteiger charge is -2.15. The topological polar surface area (TPSA) is 71.3 Å². The first kappa shape index (κ1) is 24.8. The van der Waals surface area contributed by atoms with Crippen LogP contribution in [0.5, 0.6) is 5.75 Å². The first-order valence-corrected chi connectivity index (χ1v) is 9.44. The second kappa shape index (κ2) is 8.84. The number of halogens is 7. The minimum Gasteiger partial charge on any atom is -0.502 e. The lowest BCUT2D eigenvalue weighted by atomic mass is 10.0. The highest BCUT2D eigenvalue weighted by Crippen LogP contribution is 2.33. The molecule has 2 N–H and O–H groups in total. The summed E-state index contributed by atoms with van der Waals surface area (Å²) in [6, 6.07) is 6.32. The van der Waals surface area contributed by atoms with Gasteiger partial charge in [0, 0.05) is 19.2 Å². The standard InChI is InChI=1S/C22H15F7N2O3/c1-31-17(12-6-14(22(27,28)29)8-15(23)7-12)9-16(18(32)20(31)34)19(33)30-10-11-2-4-13(5-3-11)21(24,25)26/h2-9,32H,10H2,1H3,(H,30,33). The normalized spacial score (nSPS) is 12.0. The predicted molar refractivity (Wildman–Crippen MR) is 106 cm³/mol. The van der Waals surface area contributed by atoms with E-state index in [0.29, 0.717) is 6.07 Å². The Labute approximate surface area is 187 Å². The van der Waals surface area contributed by atoms with Crippen LogP contribution in [0.25, 0.3) is 11.3 Å². The molecule has 0 saturated heterocycles. The number of alkyl halides is 6. The molecule has 1 heterocycles. The second-order valence-electron chi connectivity index (χ2n) is 7.26. The fourth-order valence-corrected chi connectivity index (χ4v) is 3.13. The molecule has 0 fully saturated rings. The second-order valence-corrected chi connectivity index (χ2v) is 7.26. The van der Waals surface area contributed by atoms with Gasteiger partial charge in [-0.1, -0.05) is 12.1 Å². The molecule has 0 radical (unpaired) electrons. The summed E-state index contributed by atoms with van der Waals surface area (Å²) >= 11 is 0. The first-order chi connectivity index (χ1) is 15.7. The number of pyridine rings is 1. The van der Waals surface area contributed by atoms with Crippen LogP contribution in [0.3, 0.4) is 0 Å². The molecule has 180 valence electrons. The van der Waals surface area contributed by atoms with Crippen molar-refractivity contribution in [2.24, 2.45) is 7.05 Å². The minimum absolute atomic E-state index is 0.264. The van der Waals surface area contributed by atoms with Gasteiger partial charge in [0.2, 0.25) is 0 Å². The van der Waals surface area contributed by atoms with Gasteiger partial charge >= 0.3 is 12.4 Å². The molecule has 3 rings (SSSR count). The molecule has 0 bridgehead atoms. The van der Waals surface area contributed by atoms with Crippen LogP contribution in [0, 0.1) is 5.82 Å². The Morgan fingerprint density at radius 2 is 1.53 bits per heavy atom. The van der Waals surface area contributed by atoms with E-state index >= 15 is 0 Å². The van der Waals surface area contributed by atoms with Crippen molar-refractivity contribution in [3.63, 3.8) is 0 Å². The summed E-state index contributed by atoms with van der Waals surface area (Å²) < 4.78 is 91.7. The molecule has 12 heteroatoms. The number of benzene rings is 2. The zero-order chi connectivity index (χ0) is 25.4. The van der Waals surface area contributed by atoms with Crippen LogP contribution in [-0.4, -0.2) is 15.6 Å². The van der Waals surface area contributed by atoms with E-state index in [4.69, 9.17) is 0 Å². The third-order valence-electron chi connectivity index (χ3n) is 4.90. The van der Waals surface area contributed by atoms with Crippen LogP contribution in [-0.2, 0) is 25.9 Å². The van der Waals surface area contributed by atoms with Gasteiger partial charge in [-0.25, -0.2) is 4.39 Å². The Kier molecular flexibility index (Phi) is 6.45. The van der Waals surface area contributed by atoms with Gasteiger partial charge in [-0.15, -0.1) is 0 Å². The number of hydrogen-bond acceptors (Lipinski definition) is 3. The van der Waals surface area contributed by atoms with Crippen LogP contribution in [0.4, 0.5) is 30.7 Å². The Bertz CT molecular complexity index is 1290. The molecule has 3 aromatic rings. The summed E-state index contributed by atoms with van der Waals surface area (Å²) in [4.78, 5) is 24.9. The Balaban J connectivity index is 1.94. The number of nitrogens with one attached hydrogen (secondary N) is 1. The summed E-state index contributed by atoms with van der Waals surface area (Å²) in [6.07, 6.45) is -9.43. The number of nitrogens with zero attached hydrogens (tertiary/aromatic N) is 1. The first-order valence-electron chi connectivity index (χ1n) is 9.44. The largest absolute Gasteiger partial charge is 0.502 e. The van der Waals surface area contributed by atoms with Gasteiger partial charge in [0.1, 0.15) is 5.82 Å². The number of hydrogen-bond donors (Lipinski definition) is 2. The highest BCUT2D eigenvalue weighted by Gasteiger charge is 2.32. The number of carbonyl (C=O) groups excluding carboxylic acids is 1. The zero-order valence-corrected chi connectivity index (χ0v) is 17.2. The Morgan fingerprint density at radius 1 is 0.941 bits per heavy atom. The van der Waals surface area contributed by atoms with Gasteiger partial charge in [-0.3, -0.25) is 9.59 Å². The number of carbonyl (C=O) groups is 1. The maximum atomic E-state index is 13.8. The van der Waals surface area contributed by atoms with E-state index in [9.17, 15) is 45.4 Å². The van der Waals surface area contributed by atoms with Crippen molar-refractivity contribution in [2.45, 2.75) is 18.9 Å². The van der Waals surface area contributed by atoms with Crippen LogP contribution in [0.15, 0.2) is 53.3 Å². The fraction of sp³-hybridized carbons (Fsp3) is 0.182. The maximum absolute atomic E-state index is 13.8. The maximum Gasteiger partial charge on any atom is 0.416 e. The van der Waals surface area contributed by atoms with Crippen molar-refractivity contribution in [3.05, 3.63) is 87.0 Å². The third kappa shape index (κ3) is 5.21. The molecular weight excluding hydrogens is 473 g/mol. The number of amides is 1. The molecule has 0 aliphatic rings.